The Morgan fingerprint density at radius 2 is 1.74 bits per heavy atom. The van der Waals surface area contributed by atoms with Crippen molar-refractivity contribution in [1.82, 2.24) is 15.7 Å². The molecule has 0 saturated carbocycles. The summed E-state index contributed by atoms with van der Waals surface area (Å²) in [6, 6.07) is 8.12. The van der Waals surface area contributed by atoms with Crippen LogP contribution in [0.3, 0.4) is 0 Å². The molecule has 0 fully saturated rings. The zero-order chi connectivity index (χ0) is 25.2. The first kappa shape index (κ1) is 28.0. The number of hydrogen-bond donors (Lipinski definition) is 3. The third-order valence-corrected chi connectivity index (χ3v) is 7.28. The van der Waals surface area contributed by atoms with Crippen LogP contribution < -0.4 is 15.0 Å². The molecule has 1 unspecified atom stereocenters. The van der Waals surface area contributed by atoms with E-state index in [0.29, 0.717) is 24.6 Å². The van der Waals surface area contributed by atoms with Crippen molar-refractivity contribution < 1.29 is 24.6 Å². The minimum Gasteiger partial charge on any atom is -0.494 e. The maximum atomic E-state index is 11.0. The summed E-state index contributed by atoms with van der Waals surface area (Å²) < 4.78 is 11.6. The number of aromatic nitrogens is 2. The van der Waals surface area contributed by atoms with Gasteiger partial charge in [0.1, 0.15) is 17.4 Å². The van der Waals surface area contributed by atoms with Crippen LogP contribution in [0.4, 0.5) is 0 Å². The van der Waals surface area contributed by atoms with E-state index >= 15 is 0 Å². The fourth-order valence-corrected chi connectivity index (χ4v) is 4.68. The molecule has 0 aliphatic heterocycles. The first-order chi connectivity index (χ1) is 16.2. The molecule has 2 aromatic rings. The molecule has 0 aliphatic carbocycles. The molecule has 0 saturated heterocycles. The summed E-state index contributed by atoms with van der Waals surface area (Å²) in [6.07, 6.45) is 3.87. The van der Waals surface area contributed by atoms with Gasteiger partial charge < -0.3 is 14.6 Å². The SMILES string of the molecule is CCC(CC)(c1ccc(OCCCCCC(=O)NO)cc1)c1nnc(OCC(O)C(C)(C)C)s1. The van der Waals surface area contributed by atoms with Crippen LogP contribution in [-0.2, 0) is 10.2 Å². The van der Waals surface area contributed by atoms with Gasteiger partial charge in [0.2, 0.25) is 5.91 Å². The number of ether oxygens (including phenoxy) is 2. The van der Waals surface area contributed by atoms with Gasteiger partial charge in [0.05, 0.1) is 12.7 Å². The van der Waals surface area contributed by atoms with Crippen LogP contribution in [0.1, 0.15) is 83.7 Å². The van der Waals surface area contributed by atoms with Crippen molar-refractivity contribution in [2.75, 3.05) is 13.2 Å². The number of carbonyl (C=O) groups is 1. The van der Waals surface area contributed by atoms with Crippen LogP contribution in [0.2, 0.25) is 0 Å². The first-order valence-electron chi connectivity index (χ1n) is 12.0. The Kier molecular flexibility index (Phi) is 10.7. The number of rotatable bonds is 14. The van der Waals surface area contributed by atoms with Gasteiger partial charge in [-0.25, -0.2) is 5.48 Å². The van der Waals surface area contributed by atoms with E-state index in [2.05, 4.69) is 36.2 Å². The average molecular weight is 494 g/mol. The molecule has 190 valence electrons. The standard InChI is InChI=1S/C25H39N3O5S/c1-6-25(7-2,22-26-27-23(34-22)33-17-20(29)24(3,4)5)18-12-14-19(15-13-18)32-16-10-8-9-11-21(30)28-31/h12-15,20,29,31H,6-11,16-17H2,1-5H3,(H,28,30). The number of nitrogens with one attached hydrogen (secondary N) is 1. The molecule has 9 heteroatoms. The molecule has 34 heavy (non-hydrogen) atoms. The predicted octanol–water partition coefficient (Wildman–Crippen LogP) is 4.87. The van der Waals surface area contributed by atoms with Crippen molar-refractivity contribution in [1.29, 1.82) is 0 Å². The lowest BCUT2D eigenvalue weighted by Gasteiger charge is -2.29. The summed E-state index contributed by atoms with van der Waals surface area (Å²) in [5.41, 5.74) is 2.26. The predicted molar refractivity (Wildman–Crippen MR) is 133 cm³/mol. The summed E-state index contributed by atoms with van der Waals surface area (Å²) in [7, 11) is 0. The first-order valence-corrected chi connectivity index (χ1v) is 12.8. The van der Waals surface area contributed by atoms with Gasteiger partial charge in [0.25, 0.3) is 5.19 Å². The lowest BCUT2D eigenvalue weighted by molar-refractivity contribution is -0.129. The summed E-state index contributed by atoms with van der Waals surface area (Å²) >= 11 is 1.43. The Hall–Kier alpha value is -2.23. The number of nitrogens with zero attached hydrogens (tertiary/aromatic N) is 2. The van der Waals surface area contributed by atoms with Crippen LogP contribution in [0.25, 0.3) is 0 Å². The summed E-state index contributed by atoms with van der Waals surface area (Å²) in [5, 5.41) is 28.8. The van der Waals surface area contributed by atoms with Crippen molar-refractivity contribution in [2.24, 2.45) is 5.41 Å². The van der Waals surface area contributed by atoms with E-state index < -0.39 is 6.10 Å². The van der Waals surface area contributed by atoms with E-state index in [9.17, 15) is 9.90 Å². The maximum Gasteiger partial charge on any atom is 0.294 e. The van der Waals surface area contributed by atoms with E-state index in [0.717, 1.165) is 42.0 Å². The Morgan fingerprint density at radius 3 is 2.32 bits per heavy atom. The molecule has 0 bridgehead atoms. The van der Waals surface area contributed by atoms with E-state index in [1.807, 2.05) is 32.9 Å². The van der Waals surface area contributed by atoms with Crippen LogP contribution in [0.15, 0.2) is 24.3 Å². The molecule has 0 spiro atoms. The largest absolute Gasteiger partial charge is 0.494 e. The Morgan fingerprint density at radius 1 is 1.06 bits per heavy atom. The quantitative estimate of drug-likeness (QED) is 0.195. The van der Waals surface area contributed by atoms with E-state index in [1.54, 1.807) is 5.48 Å². The highest BCUT2D eigenvalue weighted by molar-refractivity contribution is 7.13. The molecule has 1 atom stereocenters. The number of hydroxylamine groups is 1. The monoisotopic (exact) mass is 493 g/mol. The summed E-state index contributed by atoms with van der Waals surface area (Å²) in [5.74, 6) is 0.443. The van der Waals surface area contributed by atoms with Gasteiger partial charge in [-0.3, -0.25) is 10.0 Å². The Balaban J connectivity index is 1.98. The molecule has 1 heterocycles. The Bertz CT molecular complexity index is 875. The number of aliphatic hydroxyl groups is 1. The fraction of sp³-hybridized carbons (Fsp3) is 0.640. The minimum absolute atomic E-state index is 0.185. The minimum atomic E-state index is -0.588. The van der Waals surface area contributed by atoms with Crippen LogP contribution in [-0.4, -0.2) is 45.7 Å². The van der Waals surface area contributed by atoms with Gasteiger partial charge in [-0.15, -0.1) is 10.2 Å². The topological polar surface area (TPSA) is 114 Å². The van der Waals surface area contributed by atoms with Gasteiger partial charge >= 0.3 is 0 Å². The van der Waals surface area contributed by atoms with E-state index in [-0.39, 0.29) is 23.3 Å². The molecular weight excluding hydrogens is 454 g/mol. The molecule has 0 aliphatic rings. The lowest BCUT2D eigenvalue weighted by atomic mass is 9.76. The number of unbranched alkanes of at least 4 members (excludes halogenated alkanes) is 2. The number of amides is 1. The highest BCUT2D eigenvalue weighted by atomic mass is 32.1. The lowest BCUT2D eigenvalue weighted by Crippen LogP contribution is -2.31. The van der Waals surface area contributed by atoms with Crippen molar-refractivity contribution in [3.05, 3.63) is 34.8 Å². The van der Waals surface area contributed by atoms with Crippen LogP contribution >= 0.6 is 11.3 Å². The number of benzene rings is 1. The molecule has 2 rings (SSSR count). The number of aliphatic hydroxyl groups excluding tert-OH is 1. The van der Waals surface area contributed by atoms with Crippen molar-refractivity contribution in [3.63, 3.8) is 0 Å². The maximum absolute atomic E-state index is 11.0. The third-order valence-electron chi connectivity index (χ3n) is 6.24. The van der Waals surface area contributed by atoms with Crippen molar-refractivity contribution in [2.45, 2.75) is 84.7 Å². The molecule has 1 aromatic heterocycles. The second-order valence-electron chi connectivity index (χ2n) is 9.57. The second kappa shape index (κ2) is 13.0. The van der Waals surface area contributed by atoms with Gasteiger partial charge in [-0.05, 0) is 55.2 Å². The summed E-state index contributed by atoms with van der Waals surface area (Å²) in [6.45, 7) is 11.0. The normalized spacial score (nSPS) is 12.9. The molecule has 1 amide bonds. The van der Waals surface area contributed by atoms with Crippen LogP contribution in [0, 0.1) is 5.41 Å². The summed E-state index contributed by atoms with van der Waals surface area (Å²) in [4.78, 5) is 11.0. The number of hydrogen-bond acceptors (Lipinski definition) is 8. The molecule has 3 N–H and O–H groups in total. The Labute approximate surface area is 206 Å². The van der Waals surface area contributed by atoms with Gasteiger partial charge in [0.15, 0.2) is 0 Å². The van der Waals surface area contributed by atoms with Crippen molar-refractivity contribution in [3.8, 4) is 10.9 Å². The number of carbonyl (C=O) groups excluding carboxylic acids is 1. The average Bonchev–Trinajstić information content (AvgIpc) is 3.30. The fourth-order valence-electron chi connectivity index (χ4n) is 3.63. The van der Waals surface area contributed by atoms with Crippen LogP contribution in [0.5, 0.6) is 10.9 Å². The second-order valence-corrected chi connectivity index (χ2v) is 10.5. The third kappa shape index (κ3) is 7.65. The van der Waals surface area contributed by atoms with Gasteiger partial charge in [0, 0.05) is 11.8 Å². The molecule has 8 nitrogen and oxygen atoms in total. The highest BCUT2D eigenvalue weighted by Crippen LogP contribution is 2.42. The van der Waals surface area contributed by atoms with Gasteiger partial charge in [-0.2, -0.15) is 0 Å². The molecular formula is C25H39N3O5S. The van der Waals surface area contributed by atoms with E-state index in [4.69, 9.17) is 14.7 Å². The van der Waals surface area contributed by atoms with E-state index in [1.165, 1.54) is 11.3 Å². The van der Waals surface area contributed by atoms with Crippen molar-refractivity contribution >= 4 is 17.2 Å². The molecule has 1 aromatic carbocycles. The zero-order valence-corrected chi connectivity index (χ0v) is 21.8. The highest BCUT2D eigenvalue weighted by Gasteiger charge is 2.35. The smallest absolute Gasteiger partial charge is 0.294 e. The van der Waals surface area contributed by atoms with Gasteiger partial charge in [-0.1, -0.05) is 58.1 Å². The zero-order valence-electron chi connectivity index (χ0n) is 21.0. The molecule has 0 radical (unpaired) electrons.